The van der Waals surface area contributed by atoms with Gasteiger partial charge in [-0.2, -0.15) is 0 Å². The van der Waals surface area contributed by atoms with Crippen LogP contribution in [-0.2, 0) is 9.47 Å². The molecule has 0 bridgehead atoms. The molecule has 0 aromatic carbocycles. The second-order valence-electron chi connectivity index (χ2n) is 5.33. The van der Waals surface area contributed by atoms with Gasteiger partial charge in [-0.05, 0) is 19.9 Å². The summed E-state index contributed by atoms with van der Waals surface area (Å²) in [4.78, 5) is 2.34. The van der Waals surface area contributed by atoms with E-state index in [4.69, 9.17) is 9.47 Å². The average Bonchev–Trinajstić information content (AvgIpc) is 2.37. The van der Waals surface area contributed by atoms with Gasteiger partial charge >= 0.3 is 0 Å². The largest absolute Gasteiger partial charge is 0.380 e. The number of ether oxygens (including phenoxy) is 2. The Morgan fingerprint density at radius 1 is 1.35 bits per heavy atom. The lowest BCUT2D eigenvalue weighted by Gasteiger charge is -2.35. The standard InChI is InChI=1S/C13H26N2O2/c1-15-7-8-17-11(10-15)9-14-12-5-3-4-6-13(12)16-2/h11-14H,3-10H2,1-2H3. The van der Waals surface area contributed by atoms with Crippen molar-refractivity contribution < 1.29 is 9.47 Å². The maximum absolute atomic E-state index is 5.76. The summed E-state index contributed by atoms with van der Waals surface area (Å²) >= 11 is 0. The van der Waals surface area contributed by atoms with Crippen LogP contribution in [0.4, 0.5) is 0 Å². The third-order valence-corrected chi connectivity index (χ3v) is 3.95. The predicted molar refractivity (Wildman–Crippen MR) is 68.3 cm³/mol. The highest BCUT2D eigenvalue weighted by atomic mass is 16.5. The highest BCUT2D eigenvalue weighted by Gasteiger charge is 2.26. The number of likely N-dealkylation sites (N-methyl/N-ethyl adjacent to an activating group) is 1. The molecule has 2 fully saturated rings. The summed E-state index contributed by atoms with van der Waals surface area (Å²) in [5.41, 5.74) is 0. The zero-order valence-electron chi connectivity index (χ0n) is 11.2. The summed E-state index contributed by atoms with van der Waals surface area (Å²) in [5, 5.41) is 3.64. The molecule has 3 unspecified atom stereocenters. The van der Waals surface area contributed by atoms with E-state index in [1.54, 1.807) is 0 Å². The van der Waals surface area contributed by atoms with Crippen molar-refractivity contribution in [3.63, 3.8) is 0 Å². The molecule has 1 aliphatic heterocycles. The Hall–Kier alpha value is -0.160. The average molecular weight is 242 g/mol. The van der Waals surface area contributed by atoms with Crippen LogP contribution in [0.15, 0.2) is 0 Å². The van der Waals surface area contributed by atoms with Crippen LogP contribution in [0.25, 0.3) is 0 Å². The Bertz CT molecular complexity index is 225. The first-order valence-electron chi connectivity index (χ1n) is 6.86. The quantitative estimate of drug-likeness (QED) is 0.793. The first-order chi connectivity index (χ1) is 8.29. The summed E-state index contributed by atoms with van der Waals surface area (Å²) in [6, 6.07) is 0.518. The monoisotopic (exact) mass is 242 g/mol. The number of morpholine rings is 1. The maximum atomic E-state index is 5.76. The van der Waals surface area contributed by atoms with Crippen LogP contribution in [0.1, 0.15) is 25.7 Å². The first kappa shape index (κ1) is 13.3. The topological polar surface area (TPSA) is 33.7 Å². The molecule has 1 heterocycles. The van der Waals surface area contributed by atoms with Gasteiger partial charge in [-0.15, -0.1) is 0 Å². The predicted octanol–water partition coefficient (Wildman–Crippen LogP) is 0.864. The molecular formula is C13H26N2O2. The maximum Gasteiger partial charge on any atom is 0.0826 e. The van der Waals surface area contributed by atoms with E-state index < -0.39 is 0 Å². The number of hydrogen-bond donors (Lipinski definition) is 1. The van der Waals surface area contributed by atoms with Crippen molar-refractivity contribution in [2.45, 2.75) is 43.9 Å². The van der Waals surface area contributed by atoms with E-state index in [-0.39, 0.29) is 0 Å². The molecule has 0 spiro atoms. The van der Waals surface area contributed by atoms with E-state index in [0.717, 1.165) is 26.2 Å². The Labute approximate surface area is 105 Å². The fourth-order valence-corrected chi connectivity index (χ4v) is 2.89. The molecule has 1 aliphatic carbocycles. The molecule has 0 amide bonds. The van der Waals surface area contributed by atoms with Crippen LogP contribution in [0.2, 0.25) is 0 Å². The lowest BCUT2D eigenvalue weighted by molar-refractivity contribution is -0.0255. The lowest BCUT2D eigenvalue weighted by atomic mass is 9.92. The number of methoxy groups -OCH3 is 1. The summed E-state index contributed by atoms with van der Waals surface area (Å²) in [6.45, 7) is 3.91. The van der Waals surface area contributed by atoms with Gasteiger partial charge in [0.25, 0.3) is 0 Å². The molecule has 0 aromatic heterocycles. The van der Waals surface area contributed by atoms with E-state index in [1.165, 1.54) is 25.7 Å². The van der Waals surface area contributed by atoms with Gasteiger partial charge in [0.1, 0.15) is 0 Å². The molecule has 3 atom stereocenters. The molecule has 4 heteroatoms. The third-order valence-electron chi connectivity index (χ3n) is 3.95. The van der Waals surface area contributed by atoms with E-state index in [0.29, 0.717) is 18.2 Å². The van der Waals surface area contributed by atoms with E-state index in [1.807, 2.05) is 7.11 Å². The Kier molecular flexibility index (Phi) is 5.22. The number of nitrogens with zero attached hydrogens (tertiary/aromatic N) is 1. The van der Waals surface area contributed by atoms with Crippen LogP contribution in [-0.4, -0.2) is 63.5 Å². The van der Waals surface area contributed by atoms with E-state index in [9.17, 15) is 0 Å². The van der Waals surface area contributed by atoms with Crippen LogP contribution in [0.3, 0.4) is 0 Å². The SMILES string of the molecule is COC1CCCCC1NCC1CN(C)CCO1. The summed E-state index contributed by atoms with van der Waals surface area (Å²) < 4.78 is 11.3. The Morgan fingerprint density at radius 2 is 2.18 bits per heavy atom. The van der Waals surface area contributed by atoms with Crippen molar-refractivity contribution in [1.82, 2.24) is 10.2 Å². The molecule has 1 saturated carbocycles. The molecule has 4 nitrogen and oxygen atoms in total. The van der Waals surface area contributed by atoms with Gasteiger partial charge in [0.15, 0.2) is 0 Å². The zero-order valence-corrected chi connectivity index (χ0v) is 11.2. The van der Waals surface area contributed by atoms with Crippen molar-refractivity contribution in [2.75, 3.05) is 40.4 Å². The smallest absolute Gasteiger partial charge is 0.0826 e. The summed E-state index contributed by atoms with van der Waals surface area (Å²) in [5.74, 6) is 0. The lowest BCUT2D eigenvalue weighted by Crippen LogP contribution is -2.50. The second-order valence-corrected chi connectivity index (χ2v) is 5.33. The molecule has 1 N–H and O–H groups in total. The molecule has 0 radical (unpaired) electrons. The highest BCUT2D eigenvalue weighted by molar-refractivity contribution is 4.83. The molecule has 1 saturated heterocycles. The highest BCUT2D eigenvalue weighted by Crippen LogP contribution is 2.20. The summed E-state index contributed by atoms with van der Waals surface area (Å²) in [6.07, 6.45) is 5.79. The molecule has 0 aromatic rings. The van der Waals surface area contributed by atoms with Crippen molar-refractivity contribution >= 4 is 0 Å². The van der Waals surface area contributed by atoms with Crippen molar-refractivity contribution in [1.29, 1.82) is 0 Å². The Balaban J connectivity index is 1.72. The number of hydrogen-bond acceptors (Lipinski definition) is 4. The number of nitrogens with one attached hydrogen (secondary N) is 1. The molecular weight excluding hydrogens is 216 g/mol. The molecule has 2 aliphatic rings. The van der Waals surface area contributed by atoms with E-state index >= 15 is 0 Å². The van der Waals surface area contributed by atoms with Crippen molar-refractivity contribution in [2.24, 2.45) is 0 Å². The third kappa shape index (κ3) is 3.91. The van der Waals surface area contributed by atoms with Gasteiger partial charge in [-0.1, -0.05) is 12.8 Å². The fourth-order valence-electron chi connectivity index (χ4n) is 2.89. The normalized spacial score (nSPS) is 36.0. The Morgan fingerprint density at radius 3 is 2.94 bits per heavy atom. The zero-order chi connectivity index (χ0) is 12.1. The van der Waals surface area contributed by atoms with Crippen LogP contribution < -0.4 is 5.32 Å². The minimum atomic E-state index is 0.341. The second kappa shape index (κ2) is 6.69. The van der Waals surface area contributed by atoms with Crippen LogP contribution in [0, 0.1) is 0 Å². The van der Waals surface area contributed by atoms with Gasteiger partial charge in [0.2, 0.25) is 0 Å². The molecule has 2 rings (SSSR count). The fraction of sp³-hybridized carbons (Fsp3) is 1.00. The minimum Gasteiger partial charge on any atom is -0.380 e. The minimum absolute atomic E-state index is 0.341. The molecule has 100 valence electrons. The van der Waals surface area contributed by atoms with Crippen LogP contribution >= 0.6 is 0 Å². The van der Waals surface area contributed by atoms with Gasteiger partial charge in [-0.25, -0.2) is 0 Å². The van der Waals surface area contributed by atoms with Crippen molar-refractivity contribution in [3.05, 3.63) is 0 Å². The van der Waals surface area contributed by atoms with Gasteiger partial charge in [0.05, 0.1) is 18.8 Å². The van der Waals surface area contributed by atoms with E-state index in [2.05, 4.69) is 17.3 Å². The summed E-state index contributed by atoms with van der Waals surface area (Å²) in [7, 11) is 3.99. The van der Waals surface area contributed by atoms with Gasteiger partial charge in [-0.3, -0.25) is 0 Å². The van der Waals surface area contributed by atoms with Gasteiger partial charge < -0.3 is 19.7 Å². The van der Waals surface area contributed by atoms with Crippen LogP contribution in [0.5, 0.6) is 0 Å². The van der Waals surface area contributed by atoms with Gasteiger partial charge in [0, 0.05) is 32.8 Å². The molecule has 17 heavy (non-hydrogen) atoms. The van der Waals surface area contributed by atoms with Crippen molar-refractivity contribution in [3.8, 4) is 0 Å². The first-order valence-corrected chi connectivity index (χ1v) is 6.86. The number of rotatable bonds is 4.